The molecule has 4 rings (SSSR count). The van der Waals surface area contributed by atoms with E-state index in [0.29, 0.717) is 53.1 Å². The van der Waals surface area contributed by atoms with Gasteiger partial charge in [-0.3, -0.25) is 18.9 Å². The van der Waals surface area contributed by atoms with Crippen LogP contribution in [-0.2, 0) is 19.6 Å². The van der Waals surface area contributed by atoms with Crippen LogP contribution in [0.1, 0.15) is 30.9 Å². The fourth-order valence-corrected chi connectivity index (χ4v) is 5.33. The van der Waals surface area contributed by atoms with Crippen molar-refractivity contribution in [2.24, 2.45) is 4.99 Å². The summed E-state index contributed by atoms with van der Waals surface area (Å²) in [5.74, 6) is -0.229. The minimum atomic E-state index is -3.72. The summed E-state index contributed by atoms with van der Waals surface area (Å²) in [6.07, 6.45) is 1.05. The maximum absolute atomic E-state index is 13.4. The lowest BCUT2D eigenvalue weighted by Gasteiger charge is -2.23. The van der Waals surface area contributed by atoms with E-state index in [1.807, 2.05) is 50.2 Å². The summed E-state index contributed by atoms with van der Waals surface area (Å²) in [4.78, 5) is 31.9. The molecule has 41 heavy (non-hydrogen) atoms. The number of sulfonamides is 1. The molecule has 0 bridgehead atoms. The molecule has 11 heteroatoms. The number of fused-ring (bicyclic) bond motifs is 1. The van der Waals surface area contributed by atoms with E-state index in [1.54, 1.807) is 44.4 Å². The lowest BCUT2D eigenvalue weighted by molar-refractivity contribution is -0.127. The molecule has 3 aromatic carbocycles. The largest absolute Gasteiger partial charge is 0.490 e. The van der Waals surface area contributed by atoms with Crippen molar-refractivity contribution in [3.63, 3.8) is 0 Å². The standard InChI is InChI=1S/C30H34N4O6S/c1-6-39-25-17-23-24(18-26(25)40-7-2)32-30(36)28(23)29(20-11-9-8-10-12-20)31-21-13-15-22(16-14-21)34(41(5,37)38)19-27(35)33(3)4/h8-18,28H,6-7,19H2,1-5H3,(H,32,36). The number of carbonyl (C=O) groups is 2. The highest BCUT2D eigenvalue weighted by molar-refractivity contribution is 7.92. The third-order valence-electron chi connectivity index (χ3n) is 6.45. The van der Waals surface area contributed by atoms with Crippen LogP contribution in [0.2, 0.25) is 0 Å². The van der Waals surface area contributed by atoms with Crippen LogP contribution < -0.4 is 19.1 Å². The highest BCUT2D eigenvalue weighted by Gasteiger charge is 2.37. The van der Waals surface area contributed by atoms with E-state index in [-0.39, 0.29) is 18.4 Å². The Morgan fingerprint density at radius 2 is 1.56 bits per heavy atom. The van der Waals surface area contributed by atoms with E-state index in [2.05, 4.69) is 5.32 Å². The Morgan fingerprint density at radius 1 is 0.951 bits per heavy atom. The number of nitrogens with zero attached hydrogens (tertiary/aromatic N) is 3. The molecular formula is C30H34N4O6S. The second-order valence-electron chi connectivity index (χ2n) is 9.61. The third kappa shape index (κ3) is 6.68. The van der Waals surface area contributed by atoms with Gasteiger partial charge in [-0.15, -0.1) is 0 Å². The van der Waals surface area contributed by atoms with Gasteiger partial charge in [0.25, 0.3) is 0 Å². The molecule has 3 aromatic rings. The van der Waals surface area contributed by atoms with Crippen molar-refractivity contribution in [2.45, 2.75) is 19.8 Å². The molecule has 0 fully saturated rings. The van der Waals surface area contributed by atoms with Crippen molar-refractivity contribution in [2.75, 3.05) is 49.7 Å². The molecule has 0 aliphatic carbocycles. The lowest BCUT2D eigenvalue weighted by atomic mass is 9.90. The molecule has 216 valence electrons. The van der Waals surface area contributed by atoms with Gasteiger partial charge in [-0.25, -0.2) is 8.42 Å². The number of nitrogens with one attached hydrogen (secondary N) is 1. The zero-order chi connectivity index (χ0) is 29.7. The van der Waals surface area contributed by atoms with E-state index in [1.165, 1.54) is 4.90 Å². The molecule has 1 unspecified atom stereocenters. The fourth-order valence-electron chi connectivity index (χ4n) is 4.48. The van der Waals surface area contributed by atoms with Gasteiger partial charge in [0.2, 0.25) is 21.8 Å². The monoisotopic (exact) mass is 578 g/mol. The number of aliphatic imine (C=N–C) groups is 1. The molecule has 1 atom stereocenters. The number of anilines is 2. The molecule has 1 heterocycles. The molecule has 0 radical (unpaired) electrons. The van der Waals surface area contributed by atoms with Crippen LogP contribution in [0.5, 0.6) is 11.5 Å². The first-order chi connectivity index (χ1) is 19.5. The van der Waals surface area contributed by atoms with Crippen LogP contribution in [-0.4, -0.2) is 71.0 Å². The van der Waals surface area contributed by atoms with Gasteiger partial charge in [0.15, 0.2) is 11.5 Å². The Morgan fingerprint density at radius 3 is 2.12 bits per heavy atom. The average Bonchev–Trinajstić information content (AvgIpc) is 3.25. The van der Waals surface area contributed by atoms with Gasteiger partial charge in [0, 0.05) is 25.8 Å². The van der Waals surface area contributed by atoms with Crippen LogP contribution in [0.15, 0.2) is 71.7 Å². The lowest BCUT2D eigenvalue weighted by Crippen LogP contribution is -2.39. The summed E-state index contributed by atoms with van der Waals surface area (Å²) >= 11 is 0. The van der Waals surface area contributed by atoms with Crippen molar-refractivity contribution in [3.05, 3.63) is 77.9 Å². The second-order valence-corrected chi connectivity index (χ2v) is 11.5. The molecule has 2 amide bonds. The molecule has 0 saturated heterocycles. The van der Waals surface area contributed by atoms with Crippen molar-refractivity contribution < 1.29 is 27.5 Å². The number of benzene rings is 3. The van der Waals surface area contributed by atoms with Crippen molar-refractivity contribution in [1.82, 2.24) is 4.90 Å². The minimum Gasteiger partial charge on any atom is -0.490 e. The van der Waals surface area contributed by atoms with Crippen LogP contribution in [0.25, 0.3) is 0 Å². The Kier molecular flexibility index (Phi) is 8.97. The second kappa shape index (κ2) is 12.4. The maximum Gasteiger partial charge on any atom is 0.242 e. The Labute approximate surface area is 240 Å². The summed E-state index contributed by atoms with van der Waals surface area (Å²) in [5, 5.41) is 2.95. The third-order valence-corrected chi connectivity index (χ3v) is 7.60. The smallest absolute Gasteiger partial charge is 0.242 e. The summed E-state index contributed by atoms with van der Waals surface area (Å²) in [7, 11) is -0.586. The van der Waals surface area contributed by atoms with Gasteiger partial charge in [-0.1, -0.05) is 30.3 Å². The number of likely N-dealkylation sites (N-methyl/N-ethyl adjacent to an activating group) is 1. The van der Waals surface area contributed by atoms with E-state index < -0.39 is 15.9 Å². The van der Waals surface area contributed by atoms with Crippen molar-refractivity contribution in [3.8, 4) is 11.5 Å². The fraction of sp³-hybridized carbons (Fsp3) is 0.300. The number of carbonyl (C=O) groups excluding carboxylic acids is 2. The molecule has 0 saturated carbocycles. The van der Waals surface area contributed by atoms with Gasteiger partial charge < -0.3 is 19.7 Å². The summed E-state index contributed by atoms with van der Waals surface area (Å²) < 4.78 is 37.5. The molecule has 1 N–H and O–H groups in total. The number of rotatable bonds is 11. The van der Waals surface area contributed by atoms with Gasteiger partial charge in [0.05, 0.1) is 36.6 Å². The summed E-state index contributed by atoms with van der Waals surface area (Å²) in [6, 6.07) is 19.5. The van der Waals surface area contributed by atoms with Crippen molar-refractivity contribution in [1.29, 1.82) is 0 Å². The normalized spacial score (nSPS) is 14.7. The van der Waals surface area contributed by atoms with Gasteiger partial charge in [-0.05, 0) is 55.3 Å². The number of ether oxygens (including phenoxy) is 2. The van der Waals surface area contributed by atoms with Crippen molar-refractivity contribution >= 4 is 44.6 Å². The first-order valence-corrected chi connectivity index (χ1v) is 15.0. The Balaban J connectivity index is 1.78. The molecule has 0 spiro atoms. The number of hydrogen-bond acceptors (Lipinski definition) is 7. The minimum absolute atomic E-state index is 0.235. The highest BCUT2D eigenvalue weighted by Crippen LogP contribution is 2.43. The first-order valence-electron chi connectivity index (χ1n) is 13.2. The molecule has 0 aromatic heterocycles. The first kappa shape index (κ1) is 29.6. The molecule has 1 aliphatic heterocycles. The predicted molar refractivity (Wildman–Crippen MR) is 160 cm³/mol. The van der Waals surface area contributed by atoms with Crippen LogP contribution in [0.4, 0.5) is 17.1 Å². The van der Waals surface area contributed by atoms with E-state index in [0.717, 1.165) is 16.1 Å². The Bertz CT molecular complexity index is 1550. The average molecular weight is 579 g/mol. The Hall–Kier alpha value is -4.38. The molecule has 1 aliphatic rings. The van der Waals surface area contributed by atoms with Crippen LogP contribution in [0, 0.1) is 0 Å². The number of hydrogen-bond donors (Lipinski definition) is 1. The maximum atomic E-state index is 13.4. The zero-order valence-electron chi connectivity index (χ0n) is 23.7. The molecular weight excluding hydrogens is 544 g/mol. The highest BCUT2D eigenvalue weighted by atomic mass is 32.2. The van der Waals surface area contributed by atoms with E-state index in [4.69, 9.17) is 14.5 Å². The topological polar surface area (TPSA) is 118 Å². The van der Waals surface area contributed by atoms with Gasteiger partial charge in [-0.2, -0.15) is 0 Å². The molecule has 10 nitrogen and oxygen atoms in total. The van der Waals surface area contributed by atoms with Crippen LogP contribution in [0.3, 0.4) is 0 Å². The van der Waals surface area contributed by atoms with Gasteiger partial charge in [0.1, 0.15) is 12.5 Å². The van der Waals surface area contributed by atoms with Crippen LogP contribution >= 0.6 is 0 Å². The number of amides is 2. The summed E-state index contributed by atoms with van der Waals surface area (Å²) in [6.45, 7) is 4.32. The quantitative estimate of drug-likeness (QED) is 0.341. The predicted octanol–water partition coefficient (Wildman–Crippen LogP) is 4.19. The zero-order valence-corrected chi connectivity index (χ0v) is 24.6. The van der Waals surface area contributed by atoms with E-state index >= 15 is 0 Å². The summed E-state index contributed by atoms with van der Waals surface area (Å²) in [5.41, 5.74) is 3.45. The SMILES string of the molecule is CCOc1cc2c(cc1OCC)C(C(=Nc1ccc(N(CC(=O)N(C)C)S(C)(=O)=O)cc1)c1ccccc1)C(=O)N2. The van der Waals surface area contributed by atoms with E-state index in [9.17, 15) is 18.0 Å². The van der Waals surface area contributed by atoms with Gasteiger partial charge >= 0.3 is 0 Å².